The van der Waals surface area contributed by atoms with Gasteiger partial charge in [0.1, 0.15) is 0 Å². The van der Waals surface area contributed by atoms with Crippen LogP contribution < -0.4 is 0 Å². The third-order valence-electron chi connectivity index (χ3n) is 4.77. The van der Waals surface area contributed by atoms with Crippen LogP contribution in [0.2, 0.25) is 0 Å². The molecule has 0 radical (unpaired) electrons. The van der Waals surface area contributed by atoms with Gasteiger partial charge in [-0.05, 0) is 32.1 Å². The number of carboxylic acids is 1. The number of carboxylic acid groups (broad SMARTS) is 1. The number of carbonyl (C=O) groups is 1. The van der Waals surface area contributed by atoms with E-state index in [2.05, 4.69) is 19.1 Å². The average Bonchev–Trinajstić information content (AvgIpc) is 2.60. The summed E-state index contributed by atoms with van der Waals surface area (Å²) >= 11 is 0. The number of aliphatic carboxylic acids is 1. The molecule has 0 spiro atoms. The van der Waals surface area contributed by atoms with Crippen molar-refractivity contribution in [2.75, 3.05) is 0 Å². The Morgan fingerprint density at radius 1 is 0.720 bits per heavy atom. The van der Waals surface area contributed by atoms with Crippen LogP contribution in [-0.4, -0.2) is 22.3 Å². The predicted octanol–water partition coefficient (Wildman–Crippen LogP) is 6.64. The quantitative estimate of drug-likeness (QED) is 0.202. The van der Waals surface area contributed by atoms with Gasteiger partial charge in [-0.3, -0.25) is 0 Å². The molecule has 3 nitrogen and oxygen atoms in total. The van der Waals surface area contributed by atoms with E-state index >= 15 is 0 Å². The summed E-state index contributed by atoms with van der Waals surface area (Å²) in [6, 6.07) is 0. The van der Waals surface area contributed by atoms with Gasteiger partial charge in [0.2, 0.25) is 0 Å². The topological polar surface area (TPSA) is 57.5 Å². The molecule has 0 aromatic rings. The maximum Gasteiger partial charge on any atom is 0.332 e. The van der Waals surface area contributed by atoms with Gasteiger partial charge < -0.3 is 10.2 Å². The number of unbranched alkanes of at least 4 members (excludes halogenated alkanes) is 14. The molecule has 0 heterocycles. The smallest absolute Gasteiger partial charge is 0.332 e. The summed E-state index contributed by atoms with van der Waals surface area (Å²) in [6.07, 6.45) is 24.2. The summed E-state index contributed by atoms with van der Waals surface area (Å²) in [5.74, 6) is -1.10. The predicted molar refractivity (Wildman–Crippen MR) is 107 cm³/mol. The minimum Gasteiger partial charge on any atom is -0.479 e. The van der Waals surface area contributed by atoms with Gasteiger partial charge >= 0.3 is 5.97 Å². The first kappa shape index (κ1) is 24.2. The fourth-order valence-corrected chi connectivity index (χ4v) is 3.06. The highest BCUT2D eigenvalue weighted by Gasteiger charge is 2.11. The summed E-state index contributed by atoms with van der Waals surface area (Å²) in [4.78, 5) is 10.5. The fraction of sp³-hybridized carbons (Fsp3) is 0.864. The standard InChI is InChI=1S/C22H42O3/c1-2-3-4-5-6-7-8-9-10-11-12-13-14-15-16-17-18-19-20-21(23)22(24)25/h11-12,21,23H,2-10,13-20H2,1H3,(H,24,25). The van der Waals surface area contributed by atoms with Gasteiger partial charge in [0.25, 0.3) is 0 Å². The van der Waals surface area contributed by atoms with Crippen molar-refractivity contribution in [1.29, 1.82) is 0 Å². The molecular formula is C22H42O3. The Kier molecular flexibility index (Phi) is 18.8. The molecule has 25 heavy (non-hydrogen) atoms. The molecule has 0 saturated heterocycles. The first-order valence-electron chi connectivity index (χ1n) is 10.7. The van der Waals surface area contributed by atoms with Crippen LogP contribution in [-0.2, 0) is 4.79 Å². The lowest BCUT2D eigenvalue weighted by Crippen LogP contribution is -2.18. The maximum atomic E-state index is 10.5. The van der Waals surface area contributed by atoms with E-state index in [4.69, 9.17) is 10.2 Å². The number of hydrogen-bond donors (Lipinski definition) is 2. The zero-order valence-corrected chi connectivity index (χ0v) is 16.6. The van der Waals surface area contributed by atoms with E-state index in [0.717, 1.165) is 19.3 Å². The van der Waals surface area contributed by atoms with Crippen LogP contribution >= 0.6 is 0 Å². The molecule has 0 saturated carbocycles. The zero-order chi connectivity index (χ0) is 18.6. The monoisotopic (exact) mass is 354 g/mol. The van der Waals surface area contributed by atoms with Crippen LogP contribution in [0, 0.1) is 0 Å². The fourth-order valence-electron chi connectivity index (χ4n) is 3.06. The van der Waals surface area contributed by atoms with E-state index in [0.29, 0.717) is 6.42 Å². The van der Waals surface area contributed by atoms with Crippen molar-refractivity contribution in [3.63, 3.8) is 0 Å². The third-order valence-corrected chi connectivity index (χ3v) is 4.77. The van der Waals surface area contributed by atoms with Crippen molar-refractivity contribution in [3.05, 3.63) is 12.2 Å². The van der Waals surface area contributed by atoms with Gasteiger partial charge in [-0.2, -0.15) is 0 Å². The Labute approximate surface area is 155 Å². The van der Waals surface area contributed by atoms with E-state index in [1.807, 2.05) is 0 Å². The Hall–Kier alpha value is -0.830. The van der Waals surface area contributed by atoms with Crippen molar-refractivity contribution in [1.82, 2.24) is 0 Å². The molecule has 0 aromatic carbocycles. The van der Waals surface area contributed by atoms with Gasteiger partial charge in [-0.25, -0.2) is 4.79 Å². The van der Waals surface area contributed by atoms with Crippen LogP contribution in [0.25, 0.3) is 0 Å². The van der Waals surface area contributed by atoms with Crippen molar-refractivity contribution in [3.8, 4) is 0 Å². The highest BCUT2D eigenvalue weighted by molar-refractivity contribution is 5.71. The SMILES string of the molecule is CCCCCCCCCCC=CCCCCCCCCC(O)C(=O)O. The molecule has 0 aliphatic heterocycles. The molecule has 148 valence electrons. The molecule has 0 aliphatic carbocycles. The summed E-state index contributed by atoms with van der Waals surface area (Å²) in [5.41, 5.74) is 0. The highest BCUT2D eigenvalue weighted by atomic mass is 16.4. The van der Waals surface area contributed by atoms with Gasteiger partial charge in [-0.1, -0.05) is 96.1 Å². The largest absolute Gasteiger partial charge is 0.479 e. The number of aliphatic hydroxyl groups excluding tert-OH is 1. The minimum atomic E-state index is -1.17. The van der Waals surface area contributed by atoms with Crippen LogP contribution in [0.1, 0.15) is 116 Å². The maximum absolute atomic E-state index is 10.5. The lowest BCUT2D eigenvalue weighted by atomic mass is 10.1. The zero-order valence-electron chi connectivity index (χ0n) is 16.6. The Balaban J connectivity index is 3.14. The second-order valence-electron chi connectivity index (χ2n) is 7.29. The third kappa shape index (κ3) is 19.3. The molecule has 3 heteroatoms. The van der Waals surface area contributed by atoms with E-state index in [1.165, 1.54) is 83.5 Å². The number of allylic oxidation sites excluding steroid dienone is 2. The number of aliphatic hydroxyl groups is 1. The molecular weight excluding hydrogens is 312 g/mol. The van der Waals surface area contributed by atoms with Crippen LogP contribution in [0.3, 0.4) is 0 Å². The van der Waals surface area contributed by atoms with Crippen molar-refractivity contribution >= 4 is 5.97 Å². The first-order chi connectivity index (χ1) is 12.2. The lowest BCUT2D eigenvalue weighted by Gasteiger charge is -2.04. The van der Waals surface area contributed by atoms with Crippen LogP contribution in [0.15, 0.2) is 12.2 Å². The average molecular weight is 355 g/mol. The number of rotatable bonds is 19. The molecule has 0 bridgehead atoms. The Morgan fingerprint density at radius 3 is 1.56 bits per heavy atom. The minimum absolute atomic E-state index is 0.386. The normalized spacial score (nSPS) is 12.7. The van der Waals surface area contributed by atoms with Gasteiger partial charge in [-0.15, -0.1) is 0 Å². The summed E-state index contributed by atoms with van der Waals surface area (Å²) in [7, 11) is 0. The van der Waals surface area contributed by atoms with Crippen molar-refractivity contribution in [2.45, 2.75) is 122 Å². The molecule has 2 N–H and O–H groups in total. The molecule has 0 aromatic heterocycles. The van der Waals surface area contributed by atoms with E-state index in [1.54, 1.807) is 0 Å². The highest BCUT2D eigenvalue weighted by Crippen LogP contribution is 2.12. The van der Waals surface area contributed by atoms with E-state index < -0.39 is 12.1 Å². The van der Waals surface area contributed by atoms with Crippen LogP contribution in [0.4, 0.5) is 0 Å². The molecule has 0 fully saturated rings. The first-order valence-corrected chi connectivity index (χ1v) is 10.7. The molecule has 1 unspecified atom stereocenters. The van der Waals surface area contributed by atoms with E-state index in [9.17, 15) is 4.79 Å². The Bertz CT molecular complexity index is 312. The second-order valence-corrected chi connectivity index (χ2v) is 7.29. The van der Waals surface area contributed by atoms with Crippen molar-refractivity contribution in [2.24, 2.45) is 0 Å². The molecule has 0 aliphatic rings. The molecule has 0 rings (SSSR count). The molecule has 1 atom stereocenters. The summed E-state index contributed by atoms with van der Waals surface area (Å²) < 4.78 is 0. The Morgan fingerprint density at radius 2 is 1.12 bits per heavy atom. The lowest BCUT2D eigenvalue weighted by molar-refractivity contribution is -0.146. The number of hydrogen-bond acceptors (Lipinski definition) is 2. The second kappa shape index (κ2) is 19.5. The van der Waals surface area contributed by atoms with Crippen molar-refractivity contribution < 1.29 is 15.0 Å². The summed E-state index contributed by atoms with van der Waals surface area (Å²) in [5, 5.41) is 17.7. The van der Waals surface area contributed by atoms with Gasteiger partial charge in [0, 0.05) is 0 Å². The van der Waals surface area contributed by atoms with E-state index in [-0.39, 0.29) is 0 Å². The summed E-state index contributed by atoms with van der Waals surface area (Å²) in [6.45, 7) is 2.27. The van der Waals surface area contributed by atoms with Gasteiger partial charge in [0.05, 0.1) is 0 Å². The molecule has 0 amide bonds. The van der Waals surface area contributed by atoms with Gasteiger partial charge in [0.15, 0.2) is 6.10 Å². The van der Waals surface area contributed by atoms with Crippen LogP contribution in [0.5, 0.6) is 0 Å².